The summed E-state index contributed by atoms with van der Waals surface area (Å²) in [6.45, 7) is 16.0. The molecule has 3 aromatic rings. The molecule has 0 aliphatic heterocycles. The van der Waals surface area contributed by atoms with Crippen molar-refractivity contribution in [3.8, 4) is 28.1 Å². The van der Waals surface area contributed by atoms with E-state index in [4.69, 9.17) is 14.1 Å². The summed E-state index contributed by atoms with van der Waals surface area (Å²) in [7, 11) is -0.329. The van der Waals surface area contributed by atoms with E-state index in [0.717, 1.165) is 24.3 Å². The highest BCUT2D eigenvalue weighted by atomic mass is 28.4. The van der Waals surface area contributed by atoms with Crippen LogP contribution in [0.3, 0.4) is 0 Å². The van der Waals surface area contributed by atoms with Gasteiger partial charge in [0.05, 0.1) is 18.9 Å². The van der Waals surface area contributed by atoms with Gasteiger partial charge in [0.1, 0.15) is 5.75 Å². The standard InChI is InChI=1S/C29H37NO2Si/c1-9-21-24(10-2)30-27-22-13-11-12-14-23(22)28(32-33(7,8)29(3,4)5)26(27)25(21)19-15-17-20(31-6)18-16-19/h11-18,28H,9-10H2,1-8H3. The van der Waals surface area contributed by atoms with E-state index in [-0.39, 0.29) is 11.1 Å². The van der Waals surface area contributed by atoms with E-state index in [9.17, 15) is 0 Å². The third-order valence-corrected chi connectivity index (χ3v) is 11.9. The van der Waals surface area contributed by atoms with Gasteiger partial charge in [0.25, 0.3) is 0 Å². The minimum Gasteiger partial charge on any atom is -0.497 e. The maximum atomic E-state index is 7.17. The summed E-state index contributed by atoms with van der Waals surface area (Å²) in [4.78, 5) is 5.26. The topological polar surface area (TPSA) is 31.4 Å². The van der Waals surface area contributed by atoms with Gasteiger partial charge >= 0.3 is 0 Å². The third-order valence-electron chi connectivity index (χ3n) is 7.47. The molecule has 1 aliphatic rings. The molecule has 1 atom stereocenters. The van der Waals surface area contributed by atoms with Crippen LogP contribution in [0.1, 0.15) is 63.1 Å². The van der Waals surface area contributed by atoms with Gasteiger partial charge in [0.15, 0.2) is 8.32 Å². The number of hydrogen-bond donors (Lipinski definition) is 0. The van der Waals surface area contributed by atoms with Crippen molar-refractivity contribution in [3.05, 3.63) is 70.9 Å². The van der Waals surface area contributed by atoms with E-state index in [1.165, 1.54) is 39.1 Å². The number of aryl methyl sites for hydroxylation is 1. The molecule has 0 spiro atoms. The van der Waals surface area contributed by atoms with Crippen molar-refractivity contribution in [1.29, 1.82) is 0 Å². The molecule has 0 saturated carbocycles. The van der Waals surface area contributed by atoms with Gasteiger partial charge in [0, 0.05) is 16.8 Å². The Morgan fingerprint density at radius 2 is 1.61 bits per heavy atom. The highest BCUT2D eigenvalue weighted by Gasteiger charge is 2.44. The van der Waals surface area contributed by atoms with Crippen LogP contribution in [0.4, 0.5) is 0 Å². The summed E-state index contributed by atoms with van der Waals surface area (Å²) in [6.07, 6.45) is 1.75. The number of fused-ring (bicyclic) bond motifs is 3. The zero-order chi connectivity index (χ0) is 24.0. The first kappa shape index (κ1) is 23.7. The molecule has 4 rings (SSSR count). The number of pyridine rings is 1. The van der Waals surface area contributed by atoms with Crippen molar-refractivity contribution in [2.75, 3.05) is 7.11 Å². The molecule has 0 N–H and O–H groups in total. The lowest BCUT2D eigenvalue weighted by atomic mass is 9.89. The van der Waals surface area contributed by atoms with Crippen LogP contribution >= 0.6 is 0 Å². The predicted octanol–water partition coefficient (Wildman–Crippen LogP) is 7.97. The van der Waals surface area contributed by atoms with Gasteiger partial charge < -0.3 is 9.16 Å². The normalized spacial score (nSPS) is 15.3. The molecule has 1 heterocycles. The lowest BCUT2D eigenvalue weighted by Gasteiger charge is -2.39. The van der Waals surface area contributed by atoms with Crippen LogP contribution in [-0.4, -0.2) is 20.4 Å². The third kappa shape index (κ3) is 4.04. The maximum Gasteiger partial charge on any atom is 0.193 e. The number of ether oxygens (including phenoxy) is 1. The fourth-order valence-electron chi connectivity index (χ4n) is 4.60. The second kappa shape index (κ2) is 8.73. The predicted molar refractivity (Wildman–Crippen MR) is 141 cm³/mol. The van der Waals surface area contributed by atoms with Crippen LogP contribution in [0.2, 0.25) is 18.1 Å². The smallest absolute Gasteiger partial charge is 0.193 e. The van der Waals surface area contributed by atoms with Crippen molar-refractivity contribution >= 4 is 8.32 Å². The number of methoxy groups -OCH3 is 1. The van der Waals surface area contributed by atoms with Crippen LogP contribution in [-0.2, 0) is 17.3 Å². The summed E-state index contributed by atoms with van der Waals surface area (Å²) < 4.78 is 12.6. The molecule has 1 unspecified atom stereocenters. The molecule has 1 aromatic heterocycles. The number of hydrogen-bond acceptors (Lipinski definition) is 3. The van der Waals surface area contributed by atoms with E-state index in [1.807, 2.05) is 0 Å². The van der Waals surface area contributed by atoms with Gasteiger partial charge in [0.2, 0.25) is 0 Å². The Labute approximate surface area is 200 Å². The van der Waals surface area contributed by atoms with Crippen LogP contribution < -0.4 is 4.74 Å². The van der Waals surface area contributed by atoms with Gasteiger partial charge in [-0.1, -0.05) is 71.0 Å². The molecule has 33 heavy (non-hydrogen) atoms. The number of aromatic nitrogens is 1. The number of benzene rings is 2. The summed E-state index contributed by atoms with van der Waals surface area (Å²) in [5.74, 6) is 0.871. The Kier molecular flexibility index (Phi) is 6.28. The van der Waals surface area contributed by atoms with Crippen molar-refractivity contribution in [2.24, 2.45) is 0 Å². The summed E-state index contributed by atoms with van der Waals surface area (Å²) in [6, 6.07) is 17.1. The van der Waals surface area contributed by atoms with Gasteiger partial charge in [-0.2, -0.15) is 0 Å². The van der Waals surface area contributed by atoms with Crippen LogP contribution in [0, 0.1) is 0 Å². The highest BCUT2D eigenvalue weighted by Crippen LogP contribution is 2.53. The first-order chi connectivity index (χ1) is 15.6. The molecule has 1 aliphatic carbocycles. The second-order valence-electron chi connectivity index (χ2n) is 10.5. The Morgan fingerprint density at radius 3 is 2.18 bits per heavy atom. The summed E-state index contributed by atoms with van der Waals surface area (Å²) >= 11 is 0. The molecule has 0 saturated heterocycles. The number of nitrogens with zero attached hydrogens (tertiary/aromatic N) is 1. The molecular formula is C29H37NO2Si. The lowest BCUT2D eigenvalue weighted by Crippen LogP contribution is -2.41. The zero-order valence-electron chi connectivity index (χ0n) is 21.4. The van der Waals surface area contributed by atoms with E-state index in [2.05, 4.69) is 96.2 Å². The largest absolute Gasteiger partial charge is 0.497 e. The maximum absolute atomic E-state index is 7.17. The van der Waals surface area contributed by atoms with Gasteiger partial charge in [-0.15, -0.1) is 0 Å². The highest BCUT2D eigenvalue weighted by molar-refractivity contribution is 6.74. The van der Waals surface area contributed by atoms with E-state index >= 15 is 0 Å². The quantitative estimate of drug-likeness (QED) is 0.350. The molecule has 2 aromatic carbocycles. The molecule has 0 bridgehead atoms. The van der Waals surface area contributed by atoms with E-state index in [1.54, 1.807) is 7.11 Å². The fraction of sp³-hybridized carbons (Fsp3) is 0.414. The molecule has 174 valence electrons. The van der Waals surface area contributed by atoms with Crippen molar-refractivity contribution in [1.82, 2.24) is 4.98 Å². The van der Waals surface area contributed by atoms with Gasteiger partial charge in [-0.25, -0.2) is 0 Å². The molecule has 0 amide bonds. The van der Waals surface area contributed by atoms with Crippen molar-refractivity contribution < 1.29 is 9.16 Å². The Morgan fingerprint density at radius 1 is 0.939 bits per heavy atom. The zero-order valence-corrected chi connectivity index (χ0v) is 22.4. The van der Waals surface area contributed by atoms with Crippen LogP contribution in [0.25, 0.3) is 22.4 Å². The van der Waals surface area contributed by atoms with E-state index in [0.29, 0.717) is 0 Å². The van der Waals surface area contributed by atoms with Gasteiger partial charge in [-0.3, -0.25) is 4.98 Å². The minimum absolute atomic E-state index is 0.0992. The average Bonchev–Trinajstić information content (AvgIpc) is 3.10. The fourth-order valence-corrected chi connectivity index (χ4v) is 5.79. The first-order valence-electron chi connectivity index (χ1n) is 12.1. The molecule has 3 nitrogen and oxygen atoms in total. The Bertz CT molecular complexity index is 1160. The molecule has 4 heteroatoms. The van der Waals surface area contributed by atoms with Crippen LogP contribution in [0.15, 0.2) is 48.5 Å². The molecule has 0 fully saturated rings. The number of rotatable bonds is 6. The van der Waals surface area contributed by atoms with Gasteiger partial charge in [-0.05, 0) is 65.4 Å². The molecular weight excluding hydrogens is 422 g/mol. The SMILES string of the molecule is CCc1nc2c(c(-c3ccc(OC)cc3)c1CC)C(O[Si](C)(C)C(C)(C)C)c1ccccc1-2. The van der Waals surface area contributed by atoms with E-state index < -0.39 is 8.32 Å². The Balaban J connectivity index is 2.03. The second-order valence-corrected chi connectivity index (χ2v) is 15.2. The first-order valence-corrected chi connectivity index (χ1v) is 15.0. The molecule has 0 radical (unpaired) electrons. The summed E-state index contributed by atoms with van der Waals surface area (Å²) in [5, 5.41) is 0.120. The monoisotopic (exact) mass is 459 g/mol. The van der Waals surface area contributed by atoms with Crippen molar-refractivity contribution in [3.63, 3.8) is 0 Å². The summed E-state index contributed by atoms with van der Waals surface area (Å²) in [5.41, 5.74) is 9.80. The average molecular weight is 460 g/mol. The lowest BCUT2D eigenvalue weighted by molar-refractivity contribution is 0.226. The Hall–Kier alpha value is -2.43. The minimum atomic E-state index is -2.04. The van der Waals surface area contributed by atoms with Crippen molar-refractivity contribution in [2.45, 2.75) is 71.7 Å². The van der Waals surface area contributed by atoms with Crippen LogP contribution in [0.5, 0.6) is 5.75 Å².